The van der Waals surface area contributed by atoms with Crippen LogP contribution in [0.5, 0.6) is 0 Å². The monoisotopic (exact) mass is 182 g/mol. The van der Waals surface area contributed by atoms with Crippen LogP contribution < -0.4 is 0 Å². The average Bonchev–Trinajstić information content (AvgIpc) is 2.48. The molecule has 2 aliphatic rings. The van der Waals surface area contributed by atoms with Crippen molar-refractivity contribution >= 4 is 5.97 Å². The molecule has 2 saturated carbocycles. The van der Waals surface area contributed by atoms with E-state index in [2.05, 4.69) is 0 Å². The van der Waals surface area contributed by atoms with Crippen molar-refractivity contribution < 1.29 is 9.90 Å². The van der Waals surface area contributed by atoms with Crippen LogP contribution in [0.3, 0.4) is 0 Å². The first-order chi connectivity index (χ1) is 6.23. The fourth-order valence-electron chi connectivity index (χ4n) is 3.20. The third kappa shape index (κ3) is 1.59. The molecular weight excluding hydrogens is 164 g/mol. The second kappa shape index (κ2) is 3.32. The molecule has 0 aliphatic heterocycles. The predicted octanol–water partition coefficient (Wildman–Crippen LogP) is 2.82. The van der Waals surface area contributed by atoms with Crippen LogP contribution in [0.15, 0.2) is 0 Å². The van der Waals surface area contributed by atoms with E-state index in [-0.39, 0.29) is 5.41 Å². The molecule has 0 bridgehead atoms. The average molecular weight is 182 g/mol. The van der Waals surface area contributed by atoms with Crippen LogP contribution in [-0.2, 0) is 4.79 Å². The van der Waals surface area contributed by atoms with Gasteiger partial charge in [0.25, 0.3) is 0 Å². The van der Waals surface area contributed by atoms with E-state index in [0.29, 0.717) is 6.42 Å². The first kappa shape index (κ1) is 9.04. The molecule has 0 saturated heterocycles. The van der Waals surface area contributed by atoms with E-state index in [0.717, 1.165) is 5.92 Å². The Morgan fingerprint density at radius 2 is 1.85 bits per heavy atom. The molecule has 1 N–H and O–H groups in total. The highest BCUT2D eigenvalue weighted by atomic mass is 16.4. The van der Waals surface area contributed by atoms with Gasteiger partial charge in [-0.25, -0.2) is 0 Å². The molecule has 2 heteroatoms. The molecule has 0 aromatic heterocycles. The van der Waals surface area contributed by atoms with Crippen molar-refractivity contribution in [1.82, 2.24) is 0 Å². The number of carboxylic acids is 1. The van der Waals surface area contributed by atoms with E-state index in [4.69, 9.17) is 5.11 Å². The SMILES string of the molecule is O=C(O)CC1(C2CCCC2)CCC1. The highest BCUT2D eigenvalue weighted by Gasteiger charge is 2.45. The van der Waals surface area contributed by atoms with Crippen LogP contribution in [0.1, 0.15) is 51.4 Å². The number of hydrogen-bond donors (Lipinski definition) is 1. The zero-order valence-corrected chi connectivity index (χ0v) is 8.09. The molecule has 13 heavy (non-hydrogen) atoms. The first-order valence-corrected chi connectivity index (χ1v) is 5.45. The molecule has 0 aromatic carbocycles. The van der Waals surface area contributed by atoms with Gasteiger partial charge >= 0.3 is 5.97 Å². The molecule has 0 spiro atoms. The van der Waals surface area contributed by atoms with E-state index < -0.39 is 5.97 Å². The topological polar surface area (TPSA) is 37.3 Å². The minimum Gasteiger partial charge on any atom is -0.481 e. The predicted molar refractivity (Wildman–Crippen MR) is 50.5 cm³/mol. The number of rotatable bonds is 3. The molecule has 0 heterocycles. The van der Waals surface area contributed by atoms with Gasteiger partial charge in [-0.15, -0.1) is 0 Å². The zero-order chi connectivity index (χ0) is 9.31. The molecule has 0 radical (unpaired) electrons. The third-order valence-electron chi connectivity index (χ3n) is 4.07. The van der Waals surface area contributed by atoms with E-state index in [1.165, 1.54) is 44.9 Å². The Morgan fingerprint density at radius 1 is 1.23 bits per heavy atom. The number of hydrogen-bond acceptors (Lipinski definition) is 1. The Hall–Kier alpha value is -0.530. The summed E-state index contributed by atoms with van der Waals surface area (Å²) >= 11 is 0. The third-order valence-corrected chi connectivity index (χ3v) is 4.07. The number of carbonyl (C=O) groups is 1. The van der Waals surface area contributed by atoms with Crippen LogP contribution in [0, 0.1) is 11.3 Å². The molecule has 2 fully saturated rings. The fraction of sp³-hybridized carbons (Fsp3) is 0.909. The summed E-state index contributed by atoms with van der Waals surface area (Å²) in [6.07, 6.45) is 9.24. The molecule has 0 unspecified atom stereocenters. The first-order valence-electron chi connectivity index (χ1n) is 5.45. The van der Waals surface area contributed by atoms with Gasteiger partial charge in [-0.2, -0.15) is 0 Å². The van der Waals surface area contributed by atoms with Crippen LogP contribution in [0.25, 0.3) is 0 Å². The lowest BCUT2D eigenvalue weighted by Crippen LogP contribution is -2.38. The summed E-state index contributed by atoms with van der Waals surface area (Å²) < 4.78 is 0. The Bertz CT molecular complexity index is 200. The lowest BCUT2D eigenvalue weighted by atomic mass is 9.59. The van der Waals surface area contributed by atoms with E-state index in [1.54, 1.807) is 0 Å². The minimum absolute atomic E-state index is 0.225. The fourth-order valence-corrected chi connectivity index (χ4v) is 3.20. The van der Waals surface area contributed by atoms with Gasteiger partial charge in [0.05, 0.1) is 6.42 Å². The second-order valence-electron chi connectivity index (χ2n) is 4.77. The maximum absolute atomic E-state index is 10.8. The van der Waals surface area contributed by atoms with Gasteiger partial charge in [-0.05, 0) is 37.0 Å². The highest BCUT2D eigenvalue weighted by molar-refractivity contribution is 5.68. The maximum atomic E-state index is 10.8. The van der Waals surface area contributed by atoms with Crippen LogP contribution in [-0.4, -0.2) is 11.1 Å². The van der Waals surface area contributed by atoms with Crippen molar-refractivity contribution in [3.8, 4) is 0 Å². The molecule has 0 amide bonds. The Labute approximate surface area is 79.3 Å². The quantitative estimate of drug-likeness (QED) is 0.728. The lowest BCUT2D eigenvalue weighted by molar-refractivity contribution is -0.143. The summed E-state index contributed by atoms with van der Waals surface area (Å²) in [5.41, 5.74) is 0.225. The van der Waals surface area contributed by atoms with E-state index in [9.17, 15) is 4.79 Å². The van der Waals surface area contributed by atoms with Gasteiger partial charge < -0.3 is 5.11 Å². The van der Waals surface area contributed by atoms with Crippen LogP contribution in [0.4, 0.5) is 0 Å². The minimum atomic E-state index is -0.591. The van der Waals surface area contributed by atoms with Gasteiger partial charge in [-0.1, -0.05) is 19.3 Å². The molecule has 0 aromatic rings. The maximum Gasteiger partial charge on any atom is 0.303 e. The lowest BCUT2D eigenvalue weighted by Gasteiger charge is -2.46. The Balaban J connectivity index is 2.01. The Morgan fingerprint density at radius 3 is 2.23 bits per heavy atom. The van der Waals surface area contributed by atoms with Gasteiger partial charge in [0.2, 0.25) is 0 Å². The largest absolute Gasteiger partial charge is 0.481 e. The number of aliphatic carboxylic acids is 1. The summed E-state index contributed by atoms with van der Waals surface area (Å²) in [6.45, 7) is 0. The normalized spacial score (nSPS) is 27.1. The molecule has 2 aliphatic carbocycles. The molecule has 0 atom stereocenters. The zero-order valence-electron chi connectivity index (χ0n) is 8.09. The van der Waals surface area contributed by atoms with Crippen molar-refractivity contribution in [3.05, 3.63) is 0 Å². The molecular formula is C11H18O2. The summed E-state index contributed by atoms with van der Waals surface area (Å²) in [5.74, 6) is 0.143. The van der Waals surface area contributed by atoms with Gasteiger partial charge in [0.15, 0.2) is 0 Å². The van der Waals surface area contributed by atoms with Crippen LogP contribution in [0.2, 0.25) is 0 Å². The van der Waals surface area contributed by atoms with E-state index >= 15 is 0 Å². The summed E-state index contributed by atoms with van der Waals surface area (Å²) in [5, 5.41) is 8.87. The van der Waals surface area contributed by atoms with Crippen LogP contribution >= 0.6 is 0 Å². The standard InChI is InChI=1S/C11H18O2/c12-10(13)8-11(6-3-7-11)9-4-1-2-5-9/h9H,1-8H2,(H,12,13). The second-order valence-corrected chi connectivity index (χ2v) is 4.77. The molecule has 74 valence electrons. The molecule has 2 nitrogen and oxygen atoms in total. The molecule has 2 rings (SSSR count). The smallest absolute Gasteiger partial charge is 0.303 e. The Kier molecular flexibility index (Phi) is 2.31. The van der Waals surface area contributed by atoms with Crippen molar-refractivity contribution in [2.24, 2.45) is 11.3 Å². The van der Waals surface area contributed by atoms with E-state index in [1.807, 2.05) is 0 Å². The van der Waals surface area contributed by atoms with Gasteiger partial charge in [0.1, 0.15) is 0 Å². The van der Waals surface area contributed by atoms with Crippen molar-refractivity contribution in [1.29, 1.82) is 0 Å². The van der Waals surface area contributed by atoms with Gasteiger partial charge in [0, 0.05) is 0 Å². The highest BCUT2D eigenvalue weighted by Crippen LogP contribution is 2.54. The summed E-state index contributed by atoms with van der Waals surface area (Å²) in [7, 11) is 0. The van der Waals surface area contributed by atoms with Gasteiger partial charge in [-0.3, -0.25) is 4.79 Å². The summed E-state index contributed by atoms with van der Waals surface area (Å²) in [6, 6.07) is 0. The van der Waals surface area contributed by atoms with Crippen molar-refractivity contribution in [2.75, 3.05) is 0 Å². The van der Waals surface area contributed by atoms with Crippen molar-refractivity contribution in [2.45, 2.75) is 51.4 Å². The van der Waals surface area contributed by atoms with Crippen molar-refractivity contribution in [3.63, 3.8) is 0 Å². The summed E-state index contributed by atoms with van der Waals surface area (Å²) in [4.78, 5) is 10.8. The number of carboxylic acid groups (broad SMARTS) is 1.